The molecule has 0 aliphatic rings. The Morgan fingerprint density at radius 2 is 1.94 bits per heavy atom. The maximum Gasteiger partial charge on any atom is 0.326 e. The van der Waals surface area contributed by atoms with Gasteiger partial charge in [-0.05, 0) is 25.3 Å². The van der Waals surface area contributed by atoms with Crippen molar-refractivity contribution in [2.75, 3.05) is 0 Å². The van der Waals surface area contributed by atoms with E-state index in [9.17, 15) is 9.59 Å². The van der Waals surface area contributed by atoms with Gasteiger partial charge in [0.1, 0.15) is 6.04 Å². The summed E-state index contributed by atoms with van der Waals surface area (Å²) in [6, 6.07) is -0.845. The molecule has 0 saturated carbocycles. The molecular weight excluding hydrogens is 238 g/mol. The SMILES string of the molecule is Cc1scc(C(=O)N[C@H](C(=O)O)C(C)C)c1C. The molecule has 1 atom stereocenters. The van der Waals surface area contributed by atoms with Crippen LogP contribution in [0.25, 0.3) is 0 Å². The summed E-state index contributed by atoms with van der Waals surface area (Å²) in [6.45, 7) is 7.34. The van der Waals surface area contributed by atoms with Crippen molar-refractivity contribution in [2.24, 2.45) is 5.92 Å². The van der Waals surface area contributed by atoms with Crippen LogP contribution in [0, 0.1) is 19.8 Å². The molecule has 5 heteroatoms. The number of nitrogens with one attached hydrogen (secondary N) is 1. The van der Waals surface area contributed by atoms with Gasteiger partial charge in [0.2, 0.25) is 0 Å². The van der Waals surface area contributed by atoms with E-state index in [4.69, 9.17) is 5.11 Å². The number of thiophene rings is 1. The van der Waals surface area contributed by atoms with Crippen molar-refractivity contribution in [3.05, 3.63) is 21.4 Å². The summed E-state index contributed by atoms with van der Waals surface area (Å²) < 4.78 is 0. The molecule has 0 saturated heterocycles. The van der Waals surface area contributed by atoms with Crippen molar-refractivity contribution in [1.82, 2.24) is 5.32 Å². The standard InChI is InChI=1S/C12H17NO3S/c1-6(2)10(12(15)16)13-11(14)9-5-17-8(4)7(9)3/h5-6,10H,1-4H3,(H,13,14)(H,15,16)/t10-/m0/s1. The number of amides is 1. The van der Waals surface area contributed by atoms with E-state index >= 15 is 0 Å². The van der Waals surface area contributed by atoms with Gasteiger partial charge in [0, 0.05) is 10.3 Å². The number of carboxylic acids is 1. The molecule has 0 unspecified atom stereocenters. The smallest absolute Gasteiger partial charge is 0.326 e. The van der Waals surface area contributed by atoms with E-state index in [0.717, 1.165) is 10.4 Å². The van der Waals surface area contributed by atoms with Gasteiger partial charge in [-0.25, -0.2) is 4.79 Å². The van der Waals surface area contributed by atoms with Crippen LogP contribution in [0.1, 0.15) is 34.6 Å². The molecule has 0 spiro atoms. The van der Waals surface area contributed by atoms with E-state index in [1.165, 1.54) is 11.3 Å². The largest absolute Gasteiger partial charge is 0.480 e. The highest BCUT2D eigenvalue weighted by molar-refractivity contribution is 7.10. The lowest BCUT2D eigenvalue weighted by Crippen LogP contribution is -2.44. The predicted octanol–water partition coefficient (Wildman–Crippen LogP) is 2.20. The number of carbonyl (C=O) groups excluding carboxylic acids is 1. The zero-order chi connectivity index (χ0) is 13.2. The molecule has 0 radical (unpaired) electrons. The molecule has 1 amide bonds. The van der Waals surface area contributed by atoms with Gasteiger partial charge in [0.15, 0.2) is 0 Å². The van der Waals surface area contributed by atoms with Gasteiger partial charge in [0.25, 0.3) is 5.91 Å². The lowest BCUT2D eigenvalue weighted by molar-refractivity contribution is -0.140. The average molecular weight is 255 g/mol. The Kier molecular flexibility index (Phi) is 4.28. The summed E-state index contributed by atoms with van der Waals surface area (Å²) in [5.74, 6) is -1.46. The van der Waals surface area contributed by atoms with Crippen LogP contribution in [0.15, 0.2) is 5.38 Å². The van der Waals surface area contributed by atoms with E-state index in [0.29, 0.717) is 5.56 Å². The lowest BCUT2D eigenvalue weighted by Gasteiger charge is -2.17. The fourth-order valence-electron chi connectivity index (χ4n) is 1.47. The Hall–Kier alpha value is -1.36. The summed E-state index contributed by atoms with van der Waals surface area (Å²) in [7, 11) is 0. The minimum Gasteiger partial charge on any atom is -0.480 e. The van der Waals surface area contributed by atoms with Crippen LogP contribution in [0.5, 0.6) is 0 Å². The Bertz CT molecular complexity index is 437. The number of hydrogen-bond donors (Lipinski definition) is 2. The third-order valence-corrected chi connectivity index (χ3v) is 3.76. The van der Waals surface area contributed by atoms with Crippen molar-refractivity contribution in [3.63, 3.8) is 0 Å². The number of carboxylic acid groups (broad SMARTS) is 1. The van der Waals surface area contributed by atoms with Crippen LogP contribution in [0.3, 0.4) is 0 Å². The molecule has 17 heavy (non-hydrogen) atoms. The van der Waals surface area contributed by atoms with Crippen molar-refractivity contribution < 1.29 is 14.7 Å². The molecule has 0 bridgehead atoms. The highest BCUT2D eigenvalue weighted by Gasteiger charge is 2.25. The van der Waals surface area contributed by atoms with Crippen LogP contribution < -0.4 is 5.32 Å². The van der Waals surface area contributed by atoms with E-state index in [-0.39, 0.29) is 11.8 Å². The Morgan fingerprint density at radius 1 is 1.35 bits per heavy atom. The molecule has 0 aromatic carbocycles. The molecule has 0 aliphatic carbocycles. The van der Waals surface area contributed by atoms with Crippen LogP contribution >= 0.6 is 11.3 Å². The lowest BCUT2D eigenvalue weighted by atomic mass is 10.0. The normalized spacial score (nSPS) is 12.5. The highest BCUT2D eigenvalue weighted by atomic mass is 32.1. The van der Waals surface area contributed by atoms with Gasteiger partial charge in [0.05, 0.1) is 5.56 Å². The fourth-order valence-corrected chi connectivity index (χ4v) is 2.34. The van der Waals surface area contributed by atoms with Crippen molar-refractivity contribution >= 4 is 23.2 Å². The van der Waals surface area contributed by atoms with Crippen LogP contribution in [0.4, 0.5) is 0 Å². The first kappa shape index (κ1) is 13.7. The Balaban J connectivity index is 2.85. The van der Waals surface area contributed by atoms with Gasteiger partial charge in [-0.1, -0.05) is 13.8 Å². The van der Waals surface area contributed by atoms with Crippen molar-refractivity contribution in [1.29, 1.82) is 0 Å². The second-order valence-electron chi connectivity index (χ2n) is 4.36. The topological polar surface area (TPSA) is 66.4 Å². The summed E-state index contributed by atoms with van der Waals surface area (Å²) in [4.78, 5) is 24.0. The summed E-state index contributed by atoms with van der Waals surface area (Å²) in [5.41, 5.74) is 1.49. The number of rotatable bonds is 4. The minimum atomic E-state index is -1.00. The van der Waals surface area contributed by atoms with E-state index < -0.39 is 12.0 Å². The molecule has 1 aromatic rings. The maximum absolute atomic E-state index is 11.9. The Morgan fingerprint density at radius 3 is 2.29 bits per heavy atom. The minimum absolute atomic E-state index is 0.142. The van der Waals surface area contributed by atoms with Gasteiger partial charge in [-0.3, -0.25) is 4.79 Å². The molecule has 1 rings (SSSR count). The van der Waals surface area contributed by atoms with Crippen molar-refractivity contribution in [2.45, 2.75) is 33.7 Å². The molecule has 0 fully saturated rings. The quantitative estimate of drug-likeness (QED) is 0.866. The van der Waals surface area contributed by atoms with Gasteiger partial charge >= 0.3 is 5.97 Å². The predicted molar refractivity (Wildman–Crippen MR) is 67.5 cm³/mol. The van der Waals surface area contributed by atoms with Crippen LogP contribution in [-0.4, -0.2) is 23.0 Å². The summed E-state index contributed by atoms with van der Waals surface area (Å²) >= 11 is 1.49. The molecule has 2 N–H and O–H groups in total. The first-order valence-corrected chi connectivity index (χ1v) is 6.31. The Labute approximate surface area is 105 Å². The highest BCUT2D eigenvalue weighted by Crippen LogP contribution is 2.20. The number of hydrogen-bond acceptors (Lipinski definition) is 3. The summed E-state index contributed by atoms with van der Waals surface area (Å²) in [5, 5.41) is 13.3. The maximum atomic E-state index is 11.9. The van der Waals surface area contributed by atoms with Gasteiger partial charge < -0.3 is 10.4 Å². The van der Waals surface area contributed by atoms with Crippen LogP contribution in [-0.2, 0) is 4.79 Å². The number of aliphatic carboxylic acids is 1. The molecular formula is C12H17NO3S. The molecule has 0 aliphatic heterocycles. The molecule has 4 nitrogen and oxygen atoms in total. The fraction of sp³-hybridized carbons (Fsp3) is 0.500. The number of aryl methyl sites for hydroxylation is 1. The first-order valence-electron chi connectivity index (χ1n) is 5.43. The first-order chi connectivity index (χ1) is 7.84. The van der Waals surface area contributed by atoms with Gasteiger partial charge in [-0.2, -0.15) is 0 Å². The second kappa shape index (κ2) is 5.31. The van der Waals surface area contributed by atoms with Crippen LogP contribution in [0.2, 0.25) is 0 Å². The third kappa shape index (κ3) is 3.06. The molecule has 1 heterocycles. The zero-order valence-electron chi connectivity index (χ0n) is 10.4. The third-order valence-electron chi connectivity index (χ3n) is 2.75. The van der Waals surface area contributed by atoms with Gasteiger partial charge in [-0.15, -0.1) is 11.3 Å². The number of carbonyl (C=O) groups is 2. The second-order valence-corrected chi connectivity index (χ2v) is 5.45. The van der Waals surface area contributed by atoms with Crippen molar-refractivity contribution in [3.8, 4) is 0 Å². The summed E-state index contributed by atoms with van der Waals surface area (Å²) in [6.07, 6.45) is 0. The van der Waals surface area contributed by atoms with E-state index in [1.54, 1.807) is 19.2 Å². The molecule has 1 aromatic heterocycles. The zero-order valence-corrected chi connectivity index (χ0v) is 11.2. The average Bonchev–Trinajstić information content (AvgIpc) is 2.55. The molecule has 94 valence electrons. The van der Waals surface area contributed by atoms with E-state index in [1.807, 2.05) is 13.8 Å². The monoisotopic (exact) mass is 255 g/mol. The van der Waals surface area contributed by atoms with E-state index in [2.05, 4.69) is 5.32 Å².